The molecule has 1 fully saturated rings. The molecule has 0 aromatic carbocycles. The maximum absolute atomic E-state index is 4.94. The molecule has 156 valence electrons. The normalized spacial score (nSPS) is 23.3. The van der Waals surface area contributed by atoms with Crippen LogP contribution in [0.4, 0.5) is 0 Å². The highest BCUT2D eigenvalue weighted by Crippen LogP contribution is 2.34. The lowest BCUT2D eigenvalue weighted by Crippen LogP contribution is -2.33. The molecule has 3 heterocycles. The smallest absolute Gasteiger partial charge is 0.140 e. The predicted octanol–water partition coefficient (Wildman–Crippen LogP) is 5.33. The molecular weight excluding hydrogens is 368 g/mol. The van der Waals surface area contributed by atoms with E-state index in [0.717, 1.165) is 65.2 Å². The Morgan fingerprint density at radius 1 is 1.27 bits per heavy atom. The van der Waals surface area contributed by atoms with Crippen LogP contribution in [0.3, 0.4) is 0 Å². The van der Waals surface area contributed by atoms with Crippen LogP contribution in [-0.4, -0.2) is 47.5 Å². The number of fused-ring (bicyclic) bond motifs is 1. The molecule has 0 spiro atoms. The predicted molar refractivity (Wildman–Crippen MR) is 128 cm³/mol. The Hall–Kier alpha value is -2.72. The molecule has 1 saturated carbocycles. The third-order valence-corrected chi connectivity index (χ3v) is 6.26. The Morgan fingerprint density at radius 3 is 2.63 bits per heavy atom. The number of amidine groups is 1. The fraction of sp³-hybridized carbons (Fsp3) is 0.385. The van der Waals surface area contributed by atoms with E-state index in [-0.39, 0.29) is 0 Å². The SMILES string of the molecule is C=C(C)/C(C)=C/C(=NC)C1=CC(=C)N2C=C(C3=CCN(C4CC4)CC3)C=C(C)C2=N1. The summed E-state index contributed by atoms with van der Waals surface area (Å²) in [6, 6.07) is 0.835. The summed E-state index contributed by atoms with van der Waals surface area (Å²) in [7, 11) is 1.80. The third-order valence-electron chi connectivity index (χ3n) is 6.26. The van der Waals surface area contributed by atoms with Crippen molar-refractivity contribution >= 4 is 11.5 Å². The van der Waals surface area contributed by atoms with Gasteiger partial charge in [0.05, 0.1) is 11.4 Å². The standard InChI is InChI=1S/C26H32N4/c1-17(2)18(3)14-24(27-6)25-15-20(5)30-16-22(13-19(4)26(30)28-25)21-9-11-29(12-10-21)23-7-8-23/h9,13-16,23H,1,5,7-8,10-12H2,2-4,6H3/b18-14+,27-24?. The van der Waals surface area contributed by atoms with Crippen molar-refractivity contribution in [1.29, 1.82) is 0 Å². The monoisotopic (exact) mass is 400 g/mol. The minimum Gasteiger partial charge on any atom is -0.302 e. The molecule has 0 amide bonds. The van der Waals surface area contributed by atoms with E-state index in [1.165, 1.54) is 24.0 Å². The van der Waals surface area contributed by atoms with Crippen LogP contribution in [-0.2, 0) is 0 Å². The average Bonchev–Trinajstić information content (AvgIpc) is 3.57. The van der Waals surface area contributed by atoms with Crippen molar-refractivity contribution in [2.24, 2.45) is 9.98 Å². The minimum absolute atomic E-state index is 0.835. The van der Waals surface area contributed by atoms with E-state index in [1.807, 2.05) is 26.0 Å². The van der Waals surface area contributed by atoms with Gasteiger partial charge in [-0.25, -0.2) is 4.99 Å². The molecule has 4 nitrogen and oxygen atoms in total. The maximum Gasteiger partial charge on any atom is 0.140 e. The highest BCUT2D eigenvalue weighted by molar-refractivity contribution is 6.13. The number of rotatable bonds is 5. The molecule has 0 saturated heterocycles. The maximum atomic E-state index is 4.94. The van der Waals surface area contributed by atoms with Gasteiger partial charge in [0, 0.05) is 38.1 Å². The molecule has 4 heteroatoms. The lowest BCUT2D eigenvalue weighted by molar-refractivity contribution is 0.285. The summed E-state index contributed by atoms with van der Waals surface area (Å²) in [6.07, 6.45) is 14.8. The topological polar surface area (TPSA) is 31.2 Å². The quantitative estimate of drug-likeness (QED) is 0.461. The molecule has 0 aromatic heterocycles. The van der Waals surface area contributed by atoms with Crippen LogP contribution >= 0.6 is 0 Å². The van der Waals surface area contributed by atoms with Crippen molar-refractivity contribution in [3.63, 3.8) is 0 Å². The number of allylic oxidation sites excluding steroid dienone is 6. The van der Waals surface area contributed by atoms with E-state index < -0.39 is 0 Å². The number of hydrogen-bond donors (Lipinski definition) is 0. The van der Waals surface area contributed by atoms with E-state index in [4.69, 9.17) is 4.99 Å². The van der Waals surface area contributed by atoms with Gasteiger partial charge in [0.2, 0.25) is 0 Å². The Kier molecular flexibility index (Phi) is 5.61. The van der Waals surface area contributed by atoms with Gasteiger partial charge in [-0.05, 0) is 80.6 Å². The summed E-state index contributed by atoms with van der Waals surface area (Å²) in [6.45, 7) is 16.8. The van der Waals surface area contributed by atoms with E-state index in [2.05, 4.69) is 53.2 Å². The van der Waals surface area contributed by atoms with Gasteiger partial charge >= 0.3 is 0 Å². The van der Waals surface area contributed by atoms with Crippen molar-refractivity contribution < 1.29 is 0 Å². The molecule has 4 aliphatic rings. The van der Waals surface area contributed by atoms with Gasteiger partial charge in [0.25, 0.3) is 0 Å². The zero-order valence-electron chi connectivity index (χ0n) is 18.7. The number of hydrogen-bond acceptors (Lipinski definition) is 4. The van der Waals surface area contributed by atoms with Crippen molar-refractivity contribution in [2.75, 3.05) is 20.1 Å². The Morgan fingerprint density at radius 2 is 2.03 bits per heavy atom. The van der Waals surface area contributed by atoms with Gasteiger partial charge in [-0.2, -0.15) is 0 Å². The first-order chi connectivity index (χ1) is 14.4. The third kappa shape index (κ3) is 4.10. The van der Waals surface area contributed by atoms with Gasteiger partial charge in [-0.3, -0.25) is 9.89 Å². The highest BCUT2D eigenvalue weighted by Gasteiger charge is 2.31. The molecule has 0 bridgehead atoms. The largest absolute Gasteiger partial charge is 0.302 e. The summed E-state index contributed by atoms with van der Waals surface area (Å²) in [5.74, 6) is 0.930. The average molecular weight is 401 g/mol. The highest BCUT2D eigenvalue weighted by atomic mass is 15.2. The first-order valence-corrected chi connectivity index (χ1v) is 10.8. The van der Waals surface area contributed by atoms with E-state index in [9.17, 15) is 0 Å². The molecule has 30 heavy (non-hydrogen) atoms. The molecular formula is C26H32N4. The summed E-state index contributed by atoms with van der Waals surface area (Å²) < 4.78 is 0. The van der Waals surface area contributed by atoms with Crippen LogP contribution in [0.2, 0.25) is 0 Å². The van der Waals surface area contributed by atoms with Crippen molar-refractivity contribution in [2.45, 2.75) is 46.1 Å². The molecule has 1 aliphatic carbocycles. The second-order valence-corrected chi connectivity index (χ2v) is 8.66. The molecule has 0 radical (unpaired) electrons. The van der Waals surface area contributed by atoms with Crippen LogP contribution < -0.4 is 0 Å². The molecule has 0 unspecified atom stereocenters. The minimum atomic E-state index is 0.835. The van der Waals surface area contributed by atoms with Gasteiger partial charge in [-0.1, -0.05) is 24.8 Å². The van der Waals surface area contributed by atoms with Crippen molar-refractivity contribution in [3.05, 3.63) is 82.9 Å². The van der Waals surface area contributed by atoms with E-state index in [1.54, 1.807) is 7.05 Å². The fourth-order valence-electron chi connectivity index (χ4n) is 4.07. The lowest BCUT2D eigenvalue weighted by Gasteiger charge is -2.33. The van der Waals surface area contributed by atoms with Gasteiger partial charge < -0.3 is 4.90 Å². The Bertz CT molecular complexity index is 1010. The zero-order valence-corrected chi connectivity index (χ0v) is 18.7. The van der Waals surface area contributed by atoms with Gasteiger partial charge in [0.15, 0.2) is 0 Å². The van der Waals surface area contributed by atoms with Crippen LogP contribution in [0.25, 0.3) is 0 Å². The Balaban J connectivity index is 1.59. The summed E-state index contributed by atoms with van der Waals surface area (Å²) >= 11 is 0. The second-order valence-electron chi connectivity index (χ2n) is 8.66. The van der Waals surface area contributed by atoms with Gasteiger partial charge in [-0.15, -0.1) is 0 Å². The molecule has 4 rings (SSSR count). The van der Waals surface area contributed by atoms with Gasteiger partial charge in [0.1, 0.15) is 5.84 Å². The molecule has 0 atom stereocenters. The van der Waals surface area contributed by atoms with Crippen molar-refractivity contribution in [3.8, 4) is 0 Å². The van der Waals surface area contributed by atoms with Crippen molar-refractivity contribution in [1.82, 2.24) is 9.80 Å². The first-order valence-electron chi connectivity index (χ1n) is 10.8. The van der Waals surface area contributed by atoms with E-state index >= 15 is 0 Å². The summed E-state index contributed by atoms with van der Waals surface area (Å²) in [5, 5.41) is 0. The first kappa shape index (κ1) is 20.5. The van der Waals surface area contributed by atoms with Crippen LogP contribution in [0.1, 0.15) is 40.0 Å². The summed E-state index contributed by atoms with van der Waals surface area (Å²) in [5.41, 5.74) is 8.61. The summed E-state index contributed by atoms with van der Waals surface area (Å²) in [4.78, 5) is 14.1. The molecule has 3 aliphatic heterocycles. The number of nitrogens with zero attached hydrogens (tertiary/aromatic N) is 4. The lowest BCUT2D eigenvalue weighted by atomic mass is 9.94. The molecule has 0 N–H and O–H groups in total. The Labute approximate surface area is 180 Å². The zero-order chi connectivity index (χ0) is 21.4. The number of aliphatic imine (C=N–C) groups is 2. The van der Waals surface area contributed by atoms with Crippen LogP contribution in [0.5, 0.6) is 0 Å². The molecule has 0 aromatic rings. The second kappa shape index (κ2) is 8.19. The fourth-order valence-corrected chi connectivity index (χ4v) is 4.07. The van der Waals surface area contributed by atoms with Crippen LogP contribution in [0, 0.1) is 0 Å². The van der Waals surface area contributed by atoms with E-state index in [0.29, 0.717) is 0 Å². The van der Waals surface area contributed by atoms with Crippen LogP contribution in [0.15, 0.2) is 92.9 Å².